The number of hydrogen-bond acceptors (Lipinski definition) is 4. The van der Waals surface area contributed by atoms with E-state index in [0.717, 1.165) is 36.7 Å². The van der Waals surface area contributed by atoms with Crippen LogP contribution in [0.1, 0.15) is 50.7 Å². The van der Waals surface area contributed by atoms with Crippen molar-refractivity contribution >= 4 is 21.9 Å². The summed E-state index contributed by atoms with van der Waals surface area (Å²) in [5.74, 6) is 0.909. The van der Waals surface area contributed by atoms with Gasteiger partial charge in [0.15, 0.2) is 0 Å². The SMILES string of the molecule is CCCCC(C=O)(C=S(=O)=O)CC.COc1ccc(Cc2ccccc2)cc1. The number of carbonyl (C=O) groups excluding carboxylic acids is 1. The van der Waals surface area contributed by atoms with E-state index in [1.807, 2.05) is 32.0 Å². The van der Waals surface area contributed by atoms with E-state index in [4.69, 9.17) is 4.74 Å². The van der Waals surface area contributed by atoms with E-state index in [9.17, 15) is 13.2 Å². The van der Waals surface area contributed by atoms with Crippen molar-refractivity contribution in [3.63, 3.8) is 0 Å². The first-order chi connectivity index (χ1) is 13.5. The number of aldehydes is 1. The number of carbonyl (C=O) groups is 1. The Bertz CT molecular complexity index is 819. The molecule has 0 N–H and O–H groups in total. The second-order valence-corrected chi connectivity index (χ2v) is 7.45. The fraction of sp³-hybridized carbons (Fsp3) is 0.391. The van der Waals surface area contributed by atoms with Crippen molar-refractivity contribution in [2.75, 3.05) is 7.11 Å². The number of methoxy groups -OCH3 is 1. The zero-order chi connectivity index (χ0) is 20.8. The highest BCUT2D eigenvalue weighted by atomic mass is 32.2. The normalized spacial score (nSPS) is 12.1. The molecule has 0 aliphatic carbocycles. The van der Waals surface area contributed by atoms with E-state index < -0.39 is 15.7 Å². The van der Waals surface area contributed by atoms with Crippen molar-refractivity contribution in [2.45, 2.75) is 46.0 Å². The van der Waals surface area contributed by atoms with Crippen LogP contribution in [0.4, 0.5) is 0 Å². The molecule has 2 rings (SSSR count). The molecule has 1 atom stereocenters. The maximum absolute atomic E-state index is 10.8. The average Bonchev–Trinajstić information content (AvgIpc) is 2.73. The van der Waals surface area contributed by atoms with Gasteiger partial charge >= 0.3 is 0 Å². The maximum atomic E-state index is 10.8. The molecule has 0 amide bonds. The molecule has 0 aliphatic rings. The summed E-state index contributed by atoms with van der Waals surface area (Å²) in [7, 11) is -0.558. The first-order valence-corrected chi connectivity index (χ1v) is 10.7. The summed E-state index contributed by atoms with van der Waals surface area (Å²) in [6, 6.07) is 18.7. The van der Waals surface area contributed by atoms with Gasteiger partial charge in [-0.25, -0.2) is 0 Å². The molecule has 5 heteroatoms. The molecule has 0 heterocycles. The summed E-state index contributed by atoms with van der Waals surface area (Å²) in [5.41, 5.74) is 1.88. The van der Waals surface area contributed by atoms with Gasteiger partial charge in [-0.3, -0.25) is 0 Å². The van der Waals surface area contributed by atoms with E-state index in [-0.39, 0.29) is 0 Å². The molecule has 0 saturated carbocycles. The van der Waals surface area contributed by atoms with Crippen molar-refractivity contribution in [3.8, 4) is 5.75 Å². The molecule has 0 radical (unpaired) electrons. The van der Waals surface area contributed by atoms with E-state index >= 15 is 0 Å². The van der Waals surface area contributed by atoms with Gasteiger partial charge in [0.05, 0.1) is 12.5 Å². The maximum Gasteiger partial charge on any atom is 0.210 e. The molecule has 0 saturated heterocycles. The molecular formula is C23H30O4S. The minimum Gasteiger partial charge on any atom is -0.497 e. The van der Waals surface area contributed by atoms with Gasteiger partial charge in [-0.2, -0.15) is 8.42 Å². The molecule has 28 heavy (non-hydrogen) atoms. The Morgan fingerprint density at radius 3 is 2.04 bits per heavy atom. The molecule has 0 bridgehead atoms. The highest BCUT2D eigenvalue weighted by Gasteiger charge is 2.25. The Balaban J connectivity index is 0.000000284. The summed E-state index contributed by atoms with van der Waals surface area (Å²) < 4.78 is 26.1. The molecule has 0 aliphatic heterocycles. The van der Waals surface area contributed by atoms with Gasteiger partial charge < -0.3 is 9.53 Å². The summed E-state index contributed by atoms with van der Waals surface area (Å²) in [5, 5.41) is 1.12. The minimum absolute atomic E-state index is 0.546. The molecule has 0 fully saturated rings. The Morgan fingerprint density at radius 1 is 0.964 bits per heavy atom. The average molecular weight is 403 g/mol. The van der Waals surface area contributed by atoms with Gasteiger partial charge in [0.1, 0.15) is 12.0 Å². The van der Waals surface area contributed by atoms with Gasteiger partial charge in [0.2, 0.25) is 10.3 Å². The lowest BCUT2D eigenvalue weighted by atomic mass is 9.84. The number of rotatable bonds is 9. The molecule has 0 spiro atoms. The third kappa shape index (κ3) is 8.53. The van der Waals surface area contributed by atoms with Crippen LogP contribution >= 0.6 is 0 Å². The third-order valence-corrected chi connectivity index (χ3v) is 5.29. The largest absolute Gasteiger partial charge is 0.497 e. The Hall–Kier alpha value is -2.40. The highest BCUT2D eigenvalue weighted by molar-refractivity contribution is 7.71. The van der Waals surface area contributed by atoms with Crippen molar-refractivity contribution in [2.24, 2.45) is 5.41 Å². The predicted octanol–water partition coefficient (Wildman–Crippen LogP) is 4.74. The number of hydrogen-bond donors (Lipinski definition) is 0. The van der Waals surface area contributed by atoms with E-state index in [1.165, 1.54) is 11.1 Å². The Kier molecular flexibility index (Phi) is 10.9. The third-order valence-electron chi connectivity index (χ3n) is 4.63. The molecule has 4 nitrogen and oxygen atoms in total. The van der Waals surface area contributed by atoms with Crippen LogP contribution in [-0.2, 0) is 21.5 Å². The number of unbranched alkanes of at least 4 members (excludes halogenated alkanes) is 1. The van der Waals surface area contributed by atoms with Gasteiger partial charge in [-0.15, -0.1) is 0 Å². The van der Waals surface area contributed by atoms with E-state index in [1.54, 1.807) is 7.11 Å². The lowest BCUT2D eigenvalue weighted by molar-refractivity contribution is -0.113. The second kappa shape index (κ2) is 12.9. The van der Waals surface area contributed by atoms with Crippen LogP contribution < -0.4 is 4.74 Å². The van der Waals surface area contributed by atoms with Gasteiger partial charge in [-0.1, -0.05) is 69.2 Å². The zero-order valence-corrected chi connectivity index (χ0v) is 17.7. The molecule has 152 valence electrons. The van der Waals surface area contributed by atoms with Gasteiger partial charge in [0, 0.05) is 5.37 Å². The summed E-state index contributed by atoms with van der Waals surface area (Å²) in [6.07, 6.45) is 4.74. The van der Waals surface area contributed by atoms with Crippen LogP contribution in [0.25, 0.3) is 0 Å². The standard InChI is InChI=1S/C14H14O.C9H16O3S/c1-15-14-9-7-13(8-10-14)11-12-5-3-2-4-6-12;1-3-5-6-9(4-2,7-10)8-13(11)12/h2-10H,11H2,1H3;7-8H,3-6H2,1-2H3. The van der Waals surface area contributed by atoms with Gasteiger partial charge in [-0.05, 0) is 42.5 Å². The predicted molar refractivity (Wildman–Crippen MR) is 116 cm³/mol. The van der Waals surface area contributed by atoms with Crippen molar-refractivity contribution < 1.29 is 17.9 Å². The molecule has 0 aromatic heterocycles. The quantitative estimate of drug-likeness (QED) is 0.449. The molecular weight excluding hydrogens is 372 g/mol. The van der Waals surface area contributed by atoms with Crippen LogP contribution in [-0.4, -0.2) is 27.2 Å². The fourth-order valence-electron chi connectivity index (χ4n) is 2.76. The first-order valence-electron chi connectivity index (χ1n) is 9.55. The molecule has 2 aromatic carbocycles. The Morgan fingerprint density at radius 2 is 1.57 bits per heavy atom. The lowest BCUT2D eigenvalue weighted by Gasteiger charge is -2.19. The van der Waals surface area contributed by atoms with E-state index in [2.05, 4.69) is 36.4 Å². The monoisotopic (exact) mass is 402 g/mol. The second-order valence-electron chi connectivity index (χ2n) is 6.70. The van der Waals surface area contributed by atoms with Gasteiger partial charge in [0.25, 0.3) is 0 Å². The summed E-state index contributed by atoms with van der Waals surface area (Å²) in [6.45, 7) is 3.84. The van der Waals surface area contributed by atoms with Crippen LogP contribution in [0.15, 0.2) is 54.6 Å². The van der Waals surface area contributed by atoms with Crippen LogP contribution in [0, 0.1) is 5.41 Å². The topological polar surface area (TPSA) is 60.4 Å². The smallest absolute Gasteiger partial charge is 0.210 e. The van der Waals surface area contributed by atoms with Crippen molar-refractivity contribution in [3.05, 3.63) is 65.7 Å². The molecule has 2 aromatic rings. The van der Waals surface area contributed by atoms with Crippen molar-refractivity contribution in [1.29, 1.82) is 0 Å². The highest BCUT2D eigenvalue weighted by Crippen LogP contribution is 2.23. The van der Waals surface area contributed by atoms with E-state index in [0.29, 0.717) is 12.8 Å². The fourth-order valence-corrected chi connectivity index (χ4v) is 3.48. The zero-order valence-electron chi connectivity index (χ0n) is 16.9. The first kappa shape index (κ1) is 23.6. The Labute approximate surface area is 170 Å². The van der Waals surface area contributed by atoms with Crippen LogP contribution in [0.3, 0.4) is 0 Å². The minimum atomic E-state index is -2.24. The lowest BCUT2D eigenvalue weighted by Crippen LogP contribution is -2.23. The summed E-state index contributed by atoms with van der Waals surface area (Å²) in [4.78, 5) is 10.8. The van der Waals surface area contributed by atoms with Crippen LogP contribution in [0.5, 0.6) is 5.75 Å². The number of ether oxygens (including phenoxy) is 1. The van der Waals surface area contributed by atoms with Crippen molar-refractivity contribution in [1.82, 2.24) is 0 Å². The number of benzene rings is 2. The van der Waals surface area contributed by atoms with Crippen LogP contribution in [0.2, 0.25) is 0 Å². The summed E-state index contributed by atoms with van der Waals surface area (Å²) >= 11 is 0. The molecule has 1 unspecified atom stereocenters.